The van der Waals surface area contributed by atoms with Gasteiger partial charge >= 0.3 is 0 Å². The van der Waals surface area contributed by atoms with Crippen molar-refractivity contribution in [2.75, 3.05) is 0 Å². The molecule has 0 bridgehead atoms. The van der Waals surface area contributed by atoms with Crippen LogP contribution in [0, 0.1) is 11.8 Å². The summed E-state index contributed by atoms with van der Waals surface area (Å²) < 4.78 is 0. The van der Waals surface area contributed by atoms with Crippen LogP contribution in [0.5, 0.6) is 0 Å². The number of rotatable bonds is 17. The zero-order valence-corrected chi connectivity index (χ0v) is 16.5. The third kappa shape index (κ3) is 12.5. The molecule has 2 unspecified atom stereocenters. The summed E-state index contributed by atoms with van der Waals surface area (Å²) in [5, 5.41) is 0. The number of hydrogen-bond acceptors (Lipinski definition) is 0. The SMILES string of the molecule is CCCCCCC(CCCC)C(CCCC)CCCCCC. The first-order valence-electron chi connectivity index (χ1n) is 10.8. The van der Waals surface area contributed by atoms with Crippen LogP contribution in [0.1, 0.15) is 130 Å². The Morgan fingerprint density at radius 2 is 0.682 bits per heavy atom. The average Bonchev–Trinajstić information content (AvgIpc) is 2.54. The first-order chi connectivity index (χ1) is 10.8. The minimum Gasteiger partial charge on any atom is -0.0654 e. The quantitative estimate of drug-likeness (QED) is 0.236. The maximum atomic E-state index is 2.36. The first kappa shape index (κ1) is 22.0. The second-order valence-corrected chi connectivity index (χ2v) is 7.50. The van der Waals surface area contributed by atoms with Gasteiger partial charge in [-0.2, -0.15) is 0 Å². The van der Waals surface area contributed by atoms with Gasteiger partial charge in [0, 0.05) is 0 Å². The lowest BCUT2D eigenvalue weighted by molar-refractivity contribution is 0.239. The summed E-state index contributed by atoms with van der Waals surface area (Å²) in [6.45, 7) is 9.37. The minimum atomic E-state index is 1.03. The second kappa shape index (κ2) is 17.4. The Balaban J connectivity index is 4.33. The molecule has 0 aliphatic heterocycles. The van der Waals surface area contributed by atoms with E-state index in [1.165, 1.54) is 103 Å². The summed E-state index contributed by atoms with van der Waals surface area (Å²) in [7, 11) is 0. The van der Waals surface area contributed by atoms with E-state index in [0.29, 0.717) is 0 Å². The van der Waals surface area contributed by atoms with Crippen LogP contribution in [0.15, 0.2) is 0 Å². The average molecular weight is 311 g/mol. The molecule has 2 atom stereocenters. The molecule has 0 N–H and O–H groups in total. The number of unbranched alkanes of at least 4 members (excludes halogenated alkanes) is 8. The van der Waals surface area contributed by atoms with E-state index in [4.69, 9.17) is 0 Å². The van der Waals surface area contributed by atoms with E-state index in [0.717, 1.165) is 11.8 Å². The summed E-state index contributed by atoms with van der Waals surface area (Å²) >= 11 is 0. The van der Waals surface area contributed by atoms with Gasteiger partial charge in [0.05, 0.1) is 0 Å². The van der Waals surface area contributed by atoms with E-state index in [-0.39, 0.29) is 0 Å². The molecule has 0 rings (SSSR count). The lowest BCUT2D eigenvalue weighted by Gasteiger charge is -2.28. The van der Waals surface area contributed by atoms with Crippen LogP contribution < -0.4 is 0 Å². The van der Waals surface area contributed by atoms with Crippen LogP contribution >= 0.6 is 0 Å². The topological polar surface area (TPSA) is 0 Å². The van der Waals surface area contributed by atoms with E-state index in [9.17, 15) is 0 Å². The van der Waals surface area contributed by atoms with Crippen molar-refractivity contribution in [3.8, 4) is 0 Å². The summed E-state index contributed by atoms with van der Waals surface area (Å²) in [6, 6.07) is 0. The van der Waals surface area contributed by atoms with Gasteiger partial charge in [-0.25, -0.2) is 0 Å². The van der Waals surface area contributed by atoms with Gasteiger partial charge in [-0.15, -0.1) is 0 Å². The molecule has 0 spiro atoms. The van der Waals surface area contributed by atoms with Gasteiger partial charge in [0.15, 0.2) is 0 Å². The molecule has 0 aromatic rings. The molecule has 134 valence electrons. The summed E-state index contributed by atoms with van der Waals surface area (Å²) in [6.07, 6.45) is 23.2. The summed E-state index contributed by atoms with van der Waals surface area (Å²) in [4.78, 5) is 0. The Hall–Kier alpha value is 0. The molecule has 0 heteroatoms. The third-order valence-electron chi connectivity index (χ3n) is 5.38. The highest BCUT2D eigenvalue weighted by Crippen LogP contribution is 2.32. The highest BCUT2D eigenvalue weighted by atomic mass is 14.3. The molecule has 0 saturated heterocycles. The smallest absolute Gasteiger partial charge is 0.0386 e. The van der Waals surface area contributed by atoms with Crippen LogP contribution in [0.4, 0.5) is 0 Å². The van der Waals surface area contributed by atoms with Crippen molar-refractivity contribution in [2.45, 2.75) is 130 Å². The molecule has 22 heavy (non-hydrogen) atoms. The monoisotopic (exact) mass is 310 g/mol. The van der Waals surface area contributed by atoms with Gasteiger partial charge in [0.1, 0.15) is 0 Å². The minimum absolute atomic E-state index is 1.03. The number of hydrogen-bond donors (Lipinski definition) is 0. The van der Waals surface area contributed by atoms with E-state index >= 15 is 0 Å². The van der Waals surface area contributed by atoms with Gasteiger partial charge in [0.2, 0.25) is 0 Å². The lowest BCUT2D eigenvalue weighted by atomic mass is 9.78. The van der Waals surface area contributed by atoms with Crippen LogP contribution in [0.2, 0.25) is 0 Å². The van der Waals surface area contributed by atoms with E-state index in [1.807, 2.05) is 0 Å². The predicted octanol–water partition coefficient (Wildman–Crippen LogP) is 8.54. The molecular formula is C22H46. The molecule has 0 aliphatic rings. The van der Waals surface area contributed by atoms with Crippen molar-refractivity contribution in [2.24, 2.45) is 11.8 Å². The molecule has 0 saturated carbocycles. The zero-order chi connectivity index (χ0) is 16.5. The van der Waals surface area contributed by atoms with Gasteiger partial charge in [-0.1, -0.05) is 130 Å². The molecule has 0 aromatic carbocycles. The maximum absolute atomic E-state index is 2.36. The summed E-state index contributed by atoms with van der Waals surface area (Å²) in [5.41, 5.74) is 0. The van der Waals surface area contributed by atoms with Crippen LogP contribution in [-0.2, 0) is 0 Å². The highest BCUT2D eigenvalue weighted by Gasteiger charge is 2.20. The van der Waals surface area contributed by atoms with Crippen molar-refractivity contribution in [3.63, 3.8) is 0 Å². The molecule has 0 heterocycles. The van der Waals surface area contributed by atoms with Crippen LogP contribution in [0.25, 0.3) is 0 Å². The molecule has 0 radical (unpaired) electrons. The van der Waals surface area contributed by atoms with Gasteiger partial charge in [0.25, 0.3) is 0 Å². The highest BCUT2D eigenvalue weighted by molar-refractivity contribution is 4.71. The van der Waals surface area contributed by atoms with Gasteiger partial charge in [-0.05, 0) is 11.8 Å². The van der Waals surface area contributed by atoms with E-state index in [2.05, 4.69) is 27.7 Å². The zero-order valence-electron chi connectivity index (χ0n) is 16.5. The van der Waals surface area contributed by atoms with E-state index in [1.54, 1.807) is 0 Å². The van der Waals surface area contributed by atoms with Crippen molar-refractivity contribution >= 4 is 0 Å². The fraction of sp³-hybridized carbons (Fsp3) is 1.00. The van der Waals surface area contributed by atoms with Gasteiger partial charge in [-0.3, -0.25) is 0 Å². The largest absolute Gasteiger partial charge is 0.0654 e. The Labute approximate surface area is 142 Å². The second-order valence-electron chi connectivity index (χ2n) is 7.50. The Morgan fingerprint density at radius 3 is 1.00 bits per heavy atom. The Morgan fingerprint density at radius 1 is 0.364 bits per heavy atom. The van der Waals surface area contributed by atoms with Gasteiger partial charge < -0.3 is 0 Å². The molecule has 0 amide bonds. The Bertz CT molecular complexity index is 174. The molecule has 0 aliphatic carbocycles. The summed E-state index contributed by atoms with van der Waals surface area (Å²) in [5.74, 6) is 2.06. The van der Waals surface area contributed by atoms with Crippen molar-refractivity contribution in [1.29, 1.82) is 0 Å². The first-order valence-corrected chi connectivity index (χ1v) is 10.8. The van der Waals surface area contributed by atoms with Crippen molar-refractivity contribution < 1.29 is 0 Å². The molecule has 0 nitrogen and oxygen atoms in total. The third-order valence-corrected chi connectivity index (χ3v) is 5.38. The lowest BCUT2D eigenvalue weighted by Crippen LogP contribution is -2.16. The standard InChI is InChI=1S/C22H46/c1-5-9-13-15-19-21(17-11-7-3)22(18-12-8-4)20-16-14-10-6-2/h21-22H,5-20H2,1-4H3. The van der Waals surface area contributed by atoms with Crippen molar-refractivity contribution in [1.82, 2.24) is 0 Å². The maximum Gasteiger partial charge on any atom is -0.0386 e. The fourth-order valence-electron chi connectivity index (χ4n) is 3.83. The fourth-order valence-corrected chi connectivity index (χ4v) is 3.83. The Kier molecular flexibility index (Phi) is 17.4. The van der Waals surface area contributed by atoms with Crippen LogP contribution in [0.3, 0.4) is 0 Å². The van der Waals surface area contributed by atoms with E-state index < -0.39 is 0 Å². The molecule has 0 aromatic heterocycles. The van der Waals surface area contributed by atoms with Crippen LogP contribution in [-0.4, -0.2) is 0 Å². The molecule has 0 fully saturated rings. The molecular weight excluding hydrogens is 264 g/mol. The normalized spacial score (nSPS) is 14.2. The van der Waals surface area contributed by atoms with Crippen molar-refractivity contribution in [3.05, 3.63) is 0 Å². The predicted molar refractivity (Wildman–Crippen MR) is 104 cm³/mol.